The minimum atomic E-state index is -0.127. The zero-order valence-electron chi connectivity index (χ0n) is 24.4. The molecule has 1 fully saturated rings. The Morgan fingerprint density at radius 2 is 0.882 bits per heavy atom. The van der Waals surface area contributed by atoms with E-state index >= 15 is 0 Å². The second-order valence-corrected chi connectivity index (χ2v) is 12.5. The van der Waals surface area contributed by atoms with Crippen molar-refractivity contribution >= 4 is 0 Å². The second-order valence-electron chi connectivity index (χ2n) is 12.5. The molecular weight excluding hydrogens is 414 g/mol. The van der Waals surface area contributed by atoms with Crippen LogP contribution in [0.5, 0.6) is 0 Å². The Kier molecular flexibility index (Phi) is 17.9. The van der Waals surface area contributed by atoms with E-state index in [1.165, 1.54) is 141 Å². The topological polar surface area (TPSA) is 23.5 Å². The van der Waals surface area contributed by atoms with Gasteiger partial charge in [0.05, 0.1) is 6.10 Å². The summed E-state index contributed by atoms with van der Waals surface area (Å²) in [6.07, 6.45) is 32.4. The molecular formula is C32H65NO. The molecule has 0 spiro atoms. The van der Waals surface area contributed by atoms with Crippen LogP contribution in [-0.4, -0.2) is 34.2 Å². The molecule has 2 heteroatoms. The molecule has 34 heavy (non-hydrogen) atoms. The van der Waals surface area contributed by atoms with Gasteiger partial charge in [0.1, 0.15) is 0 Å². The molecule has 1 unspecified atom stereocenters. The van der Waals surface area contributed by atoms with E-state index in [1.807, 2.05) is 0 Å². The van der Waals surface area contributed by atoms with Gasteiger partial charge in [-0.2, -0.15) is 0 Å². The first-order valence-corrected chi connectivity index (χ1v) is 15.8. The molecule has 0 aromatic heterocycles. The summed E-state index contributed by atoms with van der Waals surface area (Å²) in [5.74, 6) is 0. The zero-order chi connectivity index (χ0) is 25.1. The lowest BCUT2D eigenvalue weighted by Crippen LogP contribution is -2.62. The van der Waals surface area contributed by atoms with Gasteiger partial charge in [0.25, 0.3) is 0 Å². The summed E-state index contributed by atoms with van der Waals surface area (Å²) in [6.45, 7) is 9.29. The first-order valence-electron chi connectivity index (χ1n) is 15.8. The van der Waals surface area contributed by atoms with Crippen molar-refractivity contribution in [3.8, 4) is 0 Å². The van der Waals surface area contributed by atoms with E-state index in [9.17, 15) is 5.11 Å². The molecule has 0 aromatic rings. The molecule has 0 aliphatic carbocycles. The molecule has 0 bridgehead atoms. The minimum absolute atomic E-state index is 0.106. The maximum absolute atomic E-state index is 10.8. The zero-order valence-corrected chi connectivity index (χ0v) is 24.4. The number of hydrogen-bond acceptors (Lipinski definition) is 2. The number of aliphatic hydroxyl groups excluding tert-OH is 1. The summed E-state index contributed by atoms with van der Waals surface area (Å²) < 4.78 is 0. The standard InChI is InChI=1S/C32H65NO/c1-6-8-10-12-14-16-18-20-22-24-26-32(29-30(34)28-31(3,4)33(32)5)27-25-23-21-19-17-15-13-11-9-7-2/h30,34H,6-29H2,1-5H3. The highest BCUT2D eigenvalue weighted by molar-refractivity contribution is 5.03. The number of hydrogen-bond donors (Lipinski definition) is 1. The lowest BCUT2D eigenvalue weighted by Gasteiger charge is -2.56. The highest BCUT2D eigenvalue weighted by Gasteiger charge is 2.47. The summed E-state index contributed by atoms with van der Waals surface area (Å²) in [5, 5.41) is 10.8. The van der Waals surface area contributed by atoms with Crippen molar-refractivity contribution in [1.29, 1.82) is 0 Å². The highest BCUT2D eigenvalue weighted by Crippen LogP contribution is 2.43. The van der Waals surface area contributed by atoms with Crippen LogP contribution < -0.4 is 0 Å². The van der Waals surface area contributed by atoms with Crippen LogP contribution in [0.25, 0.3) is 0 Å². The van der Waals surface area contributed by atoms with E-state index in [1.54, 1.807) is 0 Å². The average molecular weight is 480 g/mol. The number of likely N-dealkylation sites (tertiary alicyclic amines) is 1. The van der Waals surface area contributed by atoms with Gasteiger partial charge >= 0.3 is 0 Å². The fourth-order valence-corrected chi connectivity index (χ4v) is 6.55. The third kappa shape index (κ3) is 13.3. The SMILES string of the molecule is CCCCCCCCCCCCC1(CCCCCCCCCCCC)CC(O)CC(C)(C)N1C. The second kappa shape index (κ2) is 19.1. The summed E-state index contributed by atoms with van der Waals surface area (Å²) in [4.78, 5) is 2.69. The van der Waals surface area contributed by atoms with E-state index in [0.717, 1.165) is 12.8 Å². The molecule has 0 amide bonds. The number of aliphatic hydroxyl groups is 1. The lowest BCUT2D eigenvalue weighted by molar-refractivity contribution is -0.0898. The molecule has 0 saturated carbocycles. The Hall–Kier alpha value is -0.0800. The van der Waals surface area contributed by atoms with E-state index in [2.05, 4.69) is 39.6 Å². The monoisotopic (exact) mass is 480 g/mol. The van der Waals surface area contributed by atoms with E-state index < -0.39 is 0 Å². The van der Waals surface area contributed by atoms with Gasteiger partial charge in [0, 0.05) is 11.1 Å². The molecule has 1 rings (SSSR count). The van der Waals surface area contributed by atoms with Gasteiger partial charge < -0.3 is 5.11 Å². The van der Waals surface area contributed by atoms with Crippen molar-refractivity contribution < 1.29 is 5.11 Å². The van der Waals surface area contributed by atoms with E-state index in [0.29, 0.717) is 0 Å². The lowest BCUT2D eigenvalue weighted by atomic mass is 9.72. The highest BCUT2D eigenvalue weighted by atomic mass is 16.3. The Morgan fingerprint density at radius 1 is 0.559 bits per heavy atom. The van der Waals surface area contributed by atoms with Crippen LogP contribution in [0.1, 0.15) is 182 Å². The predicted octanol–water partition coefficient (Wildman–Crippen LogP) is 10.2. The first kappa shape index (κ1) is 31.9. The third-order valence-electron chi connectivity index (χ3n) is 8.96. The van der Waals surface area contributed by atoms with E-state index in [-0.39, 0.29) is 17.2 Å². The van der Waals surface area contributed by atoms with Crippen molar-refractivity contribution in [2.45, 2.75) is 199 Å². The van der Waals surface area contributed by atoms with Crippen molar-refractivity contribution in [1.82, 2.24) is 4.90 Å². The molecule has 1 N–H and O–H groups in total. The van der Waals surface area contributed by atoms with E-state index in [4.69, 9.17) is 0 Å². The molecule has 2 nitrogen and oxygen atoms in total. The van der Waals surface area contributed by atoms with Crippen molar-refractivity contribution in [2.24, 2.45) is 0 Å². The smallest absolute Gasteiger partial charge is 0.0575 e. The van der Waals surface area contributed by atoms with Crippen LogP contribution >= 0.6 is 0 Å². The number of nitrogens with zero attached hydrogens (tertiary/aromatic N) is 1. The molecule has 1 atom stereocenters. The molecule has 0 aromatic carbocycles. The van der Waals surface area contributed by atoms with Gasteiger partial charge in [-0.1, -0.05) is 142 Å². The number of piperidine rings is 1. The molecule has 204 valence electrons. The van der Waals surface area contributed by atoms with Gasteiger partial charge in [-0.3, -0.25) is 4.90 Å². The Labute approximate surface area is 216 Å². The largest absolute Gasteiger partial charge is 0.393 e. The fourth-order valence-electron chi connectivity index (χ4n) is 6.55. The normalized spacial score (nSPS) is 20.1. The average Bonchev–Trinajstić information content (AvgIpc) is 2.79. The number of unbranched alkanes of at least 4 members (excludes halogenated alkanes) is 18. The summed E-state index contributed by atoms with van der Waals surface area (Å²) in [5.41, 5.74) is 0.316. The fraction of sp³-hybridized carbons (Fsp3) is 1.00. The maximum atomic E-state index is 10.8. The van der Waals surface area contributed by atoms with Gasteiger partial charge in [-0.25, -0.2) is 0 Å². The van der Waals surface area contributed by atoms with Crippen molar-refractivity contribution in [3.63, 3.8) is 0 Å². The molecule has 1 heterocycles. The minimum Gasteiger partial charge on any atom is -0.393 e. The predicted molar refractivity (Wildman–Crippen MR) is 153 cm³/mol. The van der Waals surface area contributed by atoms with Crippen LogP contribution in [-0.2, 0) is 0 Å². The molecule has 0 radical (unpaired) electrons. The quantitative estimate of drug-likeness (QED) is 0.156. The third-order valence-corrected chi connectivity index (χ3v) is 8.96. The summed E-state index contributed by atoms with van der Waals surface area (Å²) in [6, 6.07) is 0. The molecule has 1 aliphatic heterocycles. The summed E-state index contributed by atoms with van der Waals surface area (Å²) >= 11 is 0. The van der Waals surface area contributed by atoms with Crippen LogP contribution in [0.2, 0.25) is 0 Å². The Balaban J connectivity index is 2.35. The van der Waals surface area contributed by atoms with Crippen LogP contribution in [0.4, 0.5) is 0 Å². The van der Waals surface area contributed by atoms with Gasteiger partial charge in [-0.15, -0.1) is 0 Å². The van der Waals surface area contributed by atoms with Crippen LogP contribution in [0.15, 0.2) is 0 Å². The van der Waals surface area contributed by atoms with Crippen LogP contribution in [0.3, 0.4) is 0 Å². The van der Waals surface area contributed by atoms with Gasteiger partial charge in [0.2, 0.25) is 0 Å². The molecule has 1 saturated heterocycles. The van der Waals surface area contributed by atoms with Gasteiger partial charge in [0.15, 0.2) is 0 Å². The van der Waals surface area contributed by atoms with Gasteiger partial charge in [-0.05, 0) is 46.6 Å². The van der Waals surface area contributed by atoms with Crippen LogP contribution in [0, 0.1) is 0 Å². The molecule has 1 aliphatic rings. The Morgan fingerprint density at radius 3 is 1.24 bits per heavy atom. The van der Waals surface area contributed by atoms with Crippen molar-refractivity contribution in [3.05, 3.63) is 0 Å². The number of rotatable bonds is 22. The maximum Gasteiger partial charge on any atom is 0.0575 e. The first-order chi connectivity index (χ1) is 16.4. The summed E-state index contributed by atoms with van der Waals surface area (Å²) in [7, 11) is 2.36. The Bertz CT molecular complexity index is 436. The van der Waals surface area contributed by atoms with Crippen molar-refractivity contribution in [2.75, 3.05) is 7.05 Å².